The summed E-state index contributed by atoms with van der Waals surface area (Å²) in [4.78, 5) is 25.0. The van der Waals surface area contributed by atoms with Gasteiger partial charge in [0.1, 0.15) is 0 Å². The van der Waals surface area contributed by atoms with Gasteiger partial charge < -0.3 is 15.3 Å². The van der Waals surface area contributed by atoms with Gasteiger partial charge in [0.15, 0.2) is 0 Å². The molecule has 1 saturated carbocycles. The SMILES string of the molecule is CSC1CCCC1NC(=O)N1CCC(C(=O)O)C1C. The number of nitrogens with zero attached hydrogens (tertiary/aromatic N) is 1. The third-order valence-electron chi connectivity index (χ3n) is 4.40. The van der Waals surface area contributed by atoms with E-state index in [1.165, 1.54) is 0 Å². The Labute approximate surface area is 118 Å². The summed E-state index contributed by atoms with van der Waals surface area (Å²) in [7, 11) is 0. The summed E-state index contributed by atoms with van der Waals surface area (Å²) in [6.45, 7) is 2.37. The Morgan fingerprint density at radius 2 is 2.05 bits per heavy atom. The number of urea groups is 1. The Balaban J connectivity index is 1.92. The number of hydrogen-bond acceptors (Lipinski definition) is 3. The van der Waals surface area contributed by atoms with Crippen molar-refractivity contribution in [1.29, 1.82) is 0 Å². The number of likely N-dealkylation sites (tertiary alicyclic amines) is 1. The molecule has 0 aromatic rings. The standard InChI is InChI=1S/C13H22N2O3S/c1-8-9(12(16)17)6-7-15(8)13(18)14-10-4-3-5-11(10)19-2/h8-11H,3-7H2,1-2H3,(H,14,18)(H,16,17). The first-order valence-electron chi connectivity index (χ1n) is 6.87. The van der Waals surface area contributed by atoms with Crippen molar-refractivity contribution in [2.45, 2.75) is 49.9 Å². The van der Waals surface area contributed by atoms with Crippen molar-refractivity contribution in [1.82, 2.24) is 10.2 Å². The number of rotatable bonds is 3. The minimum Gasteiger partial charge on any atom is -0.481 e. The van der Waals surface area contributed by atoms with Gasteiger partial charge in [-0.05, 0) is 32.4 Å². The molecule has 1 heterocycles. The summed E-state index contributed by atoms with van der Waals surface area (Å²) in [5.74, 6) is -1.23. The zero-order valence-electron chi connectivity index (χ0n) is 11.5. The van der Waals surface area contributed by atoms with Gasteiger partial charge in [0, 0.05) is 23.9 Å². The Hall–Kier alpha value is -0.910. The molecule has 2 aliphatic rings. The average Bonchev–Trinajstić information content (AvgIpc) is 2.95. The molecule has 0 aromatic carbocycles. The fourth-order valence-electron chi connectivity index (χ4n) is 3.17. The first-order chi connectivity index (χ1) is 9.04. The van der Waals surface area contributed by atoms with Gasteiger partial charge in [0.2, 0.25) is 0 Å². The summed E-state index contributed by atoms with van der Waals surface area (Å²) in [5.41, 5.74) is 0. The molecule has 2 amide bonds. The predicted octanol–water partition coefficient (Wildman–Crippen LogP) is 1.78. The maximum atomic E-state index is 12.3. The summed E-state index contributed by atoms with van der Waals surface area (Å²) in [6.07, 6.45) is 5.97. The second kappa shape index (κ2) is 6.03. The van der Waals surface area contributed by atoms with Crippen LogP contribution in [0.2, 0.25) is 0 Å². The second-order valence-electron chi connectivity index (χ2n) is 5.43. The van der Waals surface area contributed by atoms with E-state index >= 15 is 0 Å². The smallest absolute Gasteiger partial charge is 0.317 e. The van der Waals surface area contributed by atoms with Crippen molar-refractivity contribution in [3.05, 3.63) is 0 Å². The van der Waals surface area contributed by atoms with Crippen molar-refractivity contribution < 1.29 is 14.7 Å². The van der Waals surface area contributed by atoms with Gasteiger partial charge in [-0.2, -0.15) is 11.8 Å². The Kier molecular flexibility index (Phi) is 4.60. The fourth-order valence-corrected chi connectivity index (χ4v) is 4.11. The van der Waals surface area contributed by atoms with Crippen LogP contribution in [0.15, 0.2) is 0 Å². The monoisotopic (exact) mass is 286 g/mol. The number of nitrogens with one attached hydrogen (secondary N) is 1. The Morgan fingerprint density at radius 1 is 1.32 bits per heavy atom. The number of aliphatic carboxylic acids is 1. The Morgan fingerprint density at radius 3 is 2.63 bits per heavy atom. The lowest BCUT2D eigenvalue weighted by molar-refractivity contribution is -0.142. The summed E-state index contributed by atoms with van der Waals surface area (Å²) >= 11 is 1.80. The highest BCUT2D eigenvalue weighted by molar-refractivity contribution is 7.99. The topological polar surface area (TPSA) is 69.6 Å². The van der Waals surface area contributed by atoms with Gasteiger partial charge in [-0.3, -0.25) is 4.79 Å². The highest BCUT2D eigenvalue weighted by Crippen LogP contribution is 2.29. The van der Waals surface area contributed by atoms with Gasteiger partial charge in [-0.25, -0.2) is 4.79 Å². The number of amides is 2. The number of carbonyl (C=O) groups is 2. The highest BCUT2D eigenvalue weighted by Gasteiger charge is 2.39. The number of hydrogen-bond donors (Lipinski definition) is 2. The van der Waals surface area contributed by atoms with E-state index in [0.717, 1.165) is 19.3 Å². The van der Waals surface area contributed by atoms with Gasteiger partial charge in [-0.1, -0.05) is 6.42 Å². The third kappa shape index (κ3) is 2.99. The second-order valence-corrected chi connectivity index (χ2v) is 6.51. The molecule has 1 saturated heterocycles. The normalized spacial score (nSPS) is 34.5. The molecule has 6 heteroatoms. The van der Waals surface area contributed by atoms with Crippen LogP contribution in [-0.2, 0) is 4.79 Å². The van der Waals surface area contributed by atoms with Gasteiger partial charge >= 0.3 is 12.0 Å². The quantitative estimate of drug-likeness (QED) is 0.829. The number of carbonyl (C=O) groups excluding carboxylic acids is 1. The third-order valence-corrected chi connectivity index (χ3v) is 5.57. The average molecular weight is 286 g/mol. The van der Waals surface area contributed by atoms with E-state index in [1.54, 1.807) is 16.7 Å². The van der Waals surface area contributed by atoms with Crippen molar-refractivity contribution in [2.24, 2.45) is 5.92 Å². The molecule has 0 spiro atoms. The van der Waals surface area contributed by atoms with E-state index in [2.05, 4.69) is 11.6 Å². The molecule has 2 rings (SSSR count). The van der Waals surface area contributed by atoms with Crippen LogP contribution in [0.25, 0.3) is 0 Å². The molecule has 19 heavy (non-hydrogen) atoms. The van der Waals surface area contributed by atoms with Gasteiger partial charge in [0.25, 0.3) is 0 Å². The first-order valence-corrected chi connectivity index (χ1v) is 8.16. The summed E-state index contributed by atoms with van der Waals surface area (Å²) < 4.78 is 0. The van der Waals surface area contributed by atoms with Crippen molar-refractivity contribution in [2.75, 3.05) is 12.8 Å². The lowest BCUT2D eigenvalue weighted by Crippen LogP contribution is -2.49. The Bertz CT molecular complexity index is 364. The molecule has 4 unspecified atom stereocenters. The molecule has 1 aliphatic heterocycles. The van der Waals surface area contributed by atoms with Crippen molar-refractivity contribution in [3.8, 4) is 0 Å². The van der Waals surface area contributed by atoms with E-state index in [0.29, 0.717) is 18.2 Å². The molecule has 2 N–H and O–H groups in total. The molecular formula is C13H22N2O3S. The molecule has 0 bridgehead atoms. The number of thioether (sulfide) groups is 1. The molecule has 5 nitrogen and oxygen atoms in total. The largest absolute Gasteiger partial charge is 0.481 e. The van der Waals surface area contributed by atoms with Crippen LogP contribution in [-0.4, -0.2) is 52.1 Å². The van der Waals surface area contributed by atoms with E-state index in [-0.39, 0.29) is 18.1 Å². The summed E-state index contributed by atoms with van der Waals surface area (Å²) in [5, 5.41) is 12.7. The van der Waals surface area contributed by atoms with E-state index in [9.17, 15) is 9.59 Å². The van der Waals surface area contributed by atoms with Crippen LogP contribution in [0.4, 0.5) is 4.79 Å². The van der Waals surface area contributed by atoms with Crippen LogP contribution >= 0.6 is 11.8 Å². The molecule has 4 atom stereocenters. The first kappa shape index (κ1) is 14.5. The van der Waals surface area contributed by atoms with E-state index < -0.39 is 11.9 Å². The number of carboxylic acid groups (broad SMARTS) is 1. The lowest BCUT2D eigenvalue weighted by atomic mass is 10.0. The molecule has 0 radical (unpaired) electrons. The molecule has 108 valence electrons. The zero-order valence-corrected chi connectivity index (χ0v) is 12.3. The molecule has 1 aliphatic carbocycles. The summed E-state index contributed by atoms with van der Waals surface area (Å²) in [6, 6.07) is -0.0765. The van der Waals surface area contributed by atoms with Crippen LogP contribution < -0.4 is 5.32 Å². The van der Waals surface area contributed by atoms with Crippen LogP contribution in [0.5, 0.6) is 0 Å². The highest BCUT2D eigenvalue weighted by atomic mass is 32.2. The van der Waals surface area contributed by atoms with Gasteiger partial charge in [0.05, 0.1) is 5.92 Å². The molecule has 0 aromatic heterocycles. The van der Waals surface area contributed by atoms with Crippen LogP contribution in [0.3, 0.4) is 0 Å². The maximum Gasteiger partial charge on any atom is 0.317 e. The minimum absolute atomic E-state index is 0.0952. The zero-order chi connectivity index (χ0) is 14.0. The van der Waals surface area contributed by atoms with Gasteiger partial charge in [-0.15, -0.1) is 0 Å². The number of carboxylic acids is 1. The lowest BCUT2D eigenvalue weighted by Gasteiger charge is -2.27. The van der Waals surface area contributed by atoms with Crippen molar-refractivity contribution >= 4 is 23.8 Å². The van der Waals surface area contributed by atoms with E-state index in [1.807, 2.05) is 6.92 Å². The fraction of sp³-hybridized carbons (Fsp3) is 0.846. The van der Waals surface area contributed by atoms with Crippen LogP contribution in [0.1, 0.15) is 32.6 Å². The van der Waals surface area contributed by atoms with E-state index in [4.69, 9.17) is 5.11 Å². The van der Waals surface area contributed by atoms with Crippen LogP contribution in [0, 0.1) is 5.92 Å². The minimum atomic E-state index is -0.800. The predicted molar refractivity (Wildman–Crippen MR) is 75.4 cm³/mol. The maximum absolute atomic E-state index is 12.3. The van der Waals surface area contributed by atoms with Crippen molar-refractivity contribution in [3.63, 3.8) is 0 Å². The molecule has 2 fully saturated rings. The molecular weight excluding hydrogens is 264 g/mol.